The Hall–Kier alpha value is -1.36. The monoisotopic (exact) mass is 364 g/mol. The Kier molecular flexibility index (Phi) is 5.48. The van der Waals surface area contributed by atoms with Gasteiger partial charge in [-0.05, 0) is 40.4 Å². The molecule has 0 atom stereocenters. The van der Waals surface area contributed by atoms with Gasteiger partial charge in [-0.3, -0.25) is 0 Å². The van der Waals surface area contributed by atoms with Crippen molar-refractivity contribution in [3.05, 3.63) is 40.5 Å². The van der Waals surface area contributed by atoms with Gasteiger partial charge in [-0.1, -0.05) is 44.2 Å². The molecule has 1 aliphatic rings. The van der Waals surface area contributed by atoms with Crippen LogP contribution < -0.4 is 4.74 Å². The Labute approximate surface area is 139 Å². The highest BCUT2D eigenvalue weighted by Crippen LogP contribution is 2.27. The quantitative estimate of drug-likeness (QED) is 0.729. The van der Waals surface area contributed by atoms with Crippen molar-refractivity contribution in [3.63, 3.8) is 0 Å². The molecular formula is C17H21BrN2O2. The molecule has 118 valence electrons. The SMILES string of the molecule is Brc1ccccc1OCc1nnc(CCC2CCCCC2)o1. The zero-order valence-corrected chi connectivity index (χ0v) is 14.2. The van der Waals surface area contributed by atoms with Gasteiger partial charge in [0.2, 0.25) is 5.89 Å². The second-order valence-electron chi connectivity index (χ2n) is 5.85. The van der Waals surface area contributed by atoms with Gasteiger partial charge in [-0.2, -0.15) is 0 Å². The lowest BCUT2D eigenvalue weighted by atomic mass is 9.86. The summed E-state index contributed by atoms with van der Waals surface area (Å²) in [5.41, 5.74) is 0. The topological polar surface area (TPSA) is 48.2 Å². The molecule has 0 spiro atoms. The van der Waals surface area contributed by atoms with E-state index >= 15 is 0 Å². The largest absolute Gasteiger partial charge is 0.483 e. The molecule has 1 aliphatic carbocycles. The lowest BCUT2D eigenvalue weighted by Gasteiger charge is -2.20. The minimum absolute atomic E-state index is 0.305. The van der Waals surface area contributed by atoms with E-state index in [9.17, 15) is 0 Å². The van der Waals surface area contributed by atoms with E-state index in [4.69, 9.17) is 9.15 Å². The molecular weight excluding hydrogens is 344 g/mol. The molecule has 0 bridgehead atoms. The number of ether oxygens (including phenoxy) is 1. The number of nitrogens with zero attached hydrogens (tertiary/aromatic N) is 2. The van der Waals surface area contributed by atoms with E-state index in [0.717, 1.165) is 34.9 Å². The van der Waals surface area contributed by atoms with Gasteiger partial charge in [0.05, 0.1) is 4.47 Å². The fourth-order valence-corrected chi connectivity index (χ4v) is 3.35. The van der Waals surface area contributed by atoms with Crippen molar-refractivity contribution in [2.75, 3.05) is 0 Å². The maximum absolute atomic E-state index is 5.69. The average Bonchev–Trinajstić information content (AvgIpc) is 3.01. The van der Waals surface area contributed by atoms with Crippen molar-refractivity contribution in [2.24, 2.45) is 5.92 Å². The number of hydrogen-bond acceptors (Lipinski definition) is 4. The number of hydrogen-bond donors (Lipinski definition) is 0. The molecule has 3 rings (SSSR count). The summed E-state index contributed by atoms with van der Waals surface area (Å²) >= 11 is 3.45. The number of aryl methyl sites for hydroxylation is 1. The molecule has 0 amide bonds. The Morgan fingerprint density at radius 1 is 1.09 bits per heavy atom. The van der Waals surface area contributed by atoms with Crippen molar-refractivity contribution < 1.29 is 9.15 Å². The van der Waals surface area contributed by atoms with Crippen LogP contribution in [0.2, 0.25) is 0 Å². The highest BCUT2D eigenvalue weighted by atomic mass is 79.9. The Morgan fingerprint density at radius 3 is 2.68 bits per heavy atom. The van der Waals surface area contributed by atoms with Crippen molar-refractivity contribution in [2.45, 2.75) is 51.6 Å². The first kappa shape index (κ1) is 15.5. The predicted octanol–water partition coefficient (Wildman–Crippen LogP) is 4.92. The third kappa shape index (κ3) is 4.32. The normalized spacial score (nSPS) is 15.9. The van der Waals surface area contributed by atoms with E-state index in [1.54, 1.807) is 0 Å². The van der Waals surface area contributed by atoms with Crippen LogP contribution in [0.4, 0.5) is 0 Å². The van der Waals surface area contributed by atoms with Crippen LogP contribution in [0.5, 0.6) is 5.75 Å². The molecule has 0 saturated heterocycles. The molecule has 0 N–H and O–H groups in total. The second kappa shape index (κ2) is 7.77. The summed E-state index contributed by atoms with van der Waals surface area (Å²) in [5.74, 6) is 2.88. The highest BCUT2D eigenvalue weighted by molar-refractivity contribution is 9.10. The van der Waals surface area contributed by atoms with Crippen LogP contribution >= 0.6 is 15.9 Å². The molecule has 4 nitrogen and oxygen atoms in total. The number of aromatic nitrogens is 2. The molecule has 0 unspecified atom stereocenters. The zero-order chi connectivity index (χ0) is 15.2. The van der Waals surface area contributed by atoms with Gasteiger partial charge in [0.1, 0.15) is 5.75 Å². The van der Waals surface area contributed by atoms with E-state index in [1.165, 1.54) is 32.1 Å². The van der Waals surface area contributed by atoms with E-state index in [-0.39, 0.29) is 0 Å². The zero-order valence-electron chi connectivity index (χ0n) is 12.6. The molecule has 0 radical (unpaired) electrons. The van der Waals surface area contributed by atoms with Gasteiger partial charge in [0, 0.05) is 6.42 Å². The maximum Gasteiger partial charge on any atom is 0.253 e. The molecule has 1 aromatic carbocycles. The fourth-order valence-electron chi connectivity index (χ4n) is 2.95. The molecule has 0 aliphatic heterocycles. The molecule has 1 heterocycles. The molecule has 2 aromatic rings. The number of benzene rings is 1. The molecule has 1 fully saturated rings. The maximum atomic E-state index is 5.69. The van der Waals surface area contributed by atoms with E-state index in [1.807, 2.05) is 24.3 Å². The minimum atomic E-state index is 0.305. The first-order chi connectivity index (χ1) is 10.8. The number of halogens is 1. The summed E-state index contributed by atoms with van der Waals surface area (Å²) in [6.07, 6.45) is 8.89. The predicted molar refractivity (Wildman–Crippen MR) is 87.7 cm³/mol. The first-order valence-electron chi connectivity index (χ1n) is 8.00. The second-order valence-corrected chi connectivity index (χ2v) is 6.71. The van der Waals surface area contributed by atoms with Crippen LogP contribution in [0, 0.1) is 5.92 Å². The number of rotatable bonds is 6. The van der Waals surface area contributed by atoms with E-state index < -0.39 is 0 Å². The standard InChI is InChI=1S/C17H21BrN2O2/c18-14-8-4-5-9-15(14)21-12-17-20-19-16(22-17)11-10-13-6-2-1-3-7-13/h4-5,8-9,13H,1-3,6-7,10-12H2. The summed E-state index contributed by atoms with van der Waals surface area (Å²) in [6, 6.07) is 7.74. The summed E-state index contributed by atoms with van der Waals surface area (Å²) in [4.78, 5) is 0. The van der Waals surface area contributed by atoms with Crippen LogP contribution in [0.1, 0.15) is 50.3 Å². The summed E-state index contributed by atoms with van der Waals surface area (Å²) in [7, 11) is 0. The van der Waals surface area contributed by atoms with Crippen LogP contribution in [-0.2, 0) is 13.0 Å². The lowest BCUT2D eigenvalue weighted by Crippen LogP contribution is -2.07. The third-order valence-electron chi connectivity index (χ3n) is 4.19. The first-order valence-corrected chi connectivity index (χ1v) is 8.79. The van der Waals surface area contributed by atoms with Gasteiger partial charge in [-0.25, -0.2) is 0 Å². The van der Waals surface area contributed by atoms with Crippen LogP contribution in [-0.4, -0.2) is 10.2 Å². The van der Waals surface area contributed by atoms with Gasteiger partial charge < -0.3 is 9.15 Å². The minimum Gasteiger partial charge on any atom is -0.483 e. The van der Waals surface area contributed by atoms with Crippen molar-refractivity contribution >= 4 is 15.9 Å². The molecule has 1 aromatic heterocycles. The van der Waals surface area contributed by atoms with Crippen LogP contribution in [0.3, 0.4) is 0 Å². The van der Waals surface area contributed by atoms with Gasteiger partial charge in [0.15, 0.2) is 6.61 Å². The molecule has 22 heavy (non-hydrogen) atoms. The van der Waals surface area contributed by atoms with Gasteiger partial charge >= 0.3 is 0 Å². The summed E-state index contributed by atoms with van der Waals surface area (Å²) in [5, 5.41) is 8.19. The van der Waals surface area contributed by atoms with Crippen molar-refractivity contribution in [1.29, 1.82) is 0 Å². The number of para-hydroxylation sites is 1. The van der Waals surface area contributed by atoms with Crippen molar-refractivity contribution in [3.8, 4) is 5.75 Å². The summed E-state index contributed by atoms with van der Waals surface area (Å²) in [6.45, 7) is 0.305. The van der Waals surface area contributed by atoms with Crippen LogP contribution in [0.15, 0.2) is 33.2 Å². The average molecular weight is 365 g/mol. The van der Waals surface area contributed by atoms with E-state index in [2.05, 4.69) is 26.1 Å². The highest BCUT2D eigenvalue weighted by Gasteiger charge is 2.15. The van der Waals surface area contributed by atoms with Crippen molar-refractivity contribution in [1.82, 2.24) is 10.2 Å². The molecule has 1 saturated carbocycles. The third-order valence-corrected chi connectivity index (χ3v) is 4.84. The Morgan fingerprint density at radius 2 is 1.86 bits per heavy atom. The van der Waals surface area contributed by atoms with E-state index in [0.29, 0.717) is 12.5 Å². The molecule has 5 heteroatoms. The summed E-state index contributed by atoms with van der Waals surface area (Å²) < 4.78 is 12.3. The van der Waals surface area contributed by atoms with Crippen LogP contribution in [0.25, 0.3) is 0 Å². The Balaban J connectivity index is 1.47. The fraction of sp³-hybridized carbons (Fsp3) is 0.529. The lowest BCUT2D eigenvalue weighted by molar-refractivity contribution is 0.255. The Bertz CT molecular complexity index is 594. The smallest absolute Gasteiger partial charge is 0.253 e. The van der Waals surface area contributed by atoms with Gasteiger partial charge in [-0.15, -0.1) is 10.2 Å². The van der Waals surface area contributed by atoms with Gasteiger partial charge in [0.25, 0.3) is 5.89 Å².